The summed E-state index contributed by atoms with van der Waals surface area (Å²) in [5.41, 5.74) is 5.69. The quantitative estimate of drug-likeness (QED) is 0.350. The minimum absolute atomic E-state index is 0.336. The van der Waals surface area contributed by atoms with E-state index in [0.29, 0.717) is 24.5 Å². The zero-order valence-electron chi connectivity index (χ0n) is 19.6. The molecule has 0 atom stereocenters. The van der Waals surface area contributed by atoms with Crippen molar-refractivity contribution in [2.45, 2.75) is 6.29 Å². The summed E-state index contributed by atoms with van der Waals surface area (Å²) in [7, 11) is 3.20. The number of ether oxygens (including phenoxy) is 4. The zero-order chi connectivity index (χ0) is 24.5. The van der Waals surface area contributed by atoms with Crippen LogP contribution >= 0.6 is 0 Å². The van der Waals surface area contributed by atoms with E-state index in [0.717, 1.165) is 39.9 Å². The van der Waals surface area contributed by atoms with Crippen molar-refractivity contribution in [2.75, 3.05) is 27.4 Å². The fourth-order valence-electron chi connectivity index (χ4n) is 3.73. The fraction of sp³-hybridized carbons (Fsp3) is 0.179. The van der Waals surface area contributed by atoms with E-state index in [2.05, 4.69) is 9.97 Å². The highest BCUT2D eigenvalue weighted by Crippen LogP contribution is 2.34. The molecule has 0 saturated carbocycles. The molecule has 4 aromatic rings. The van der Waals surface area contributed by atoms with Crippen LogP contribution in [0.15, 0.2) is 85.5 Å². The van der Waals surface area contributed by atoms with Gasteiger partial charge in [0.1, 0.15) is 11.5 Å². The number of nitrogens with zero attached hydrogens (tertiary/aromatic N) is 2. The number of methoxy groups -OCH3 is 2. The van der Waals surface area contributed by atoms with Gasteiger partial charge in [-0.25, -0.2) is 0 Å². The average Bonchev–Trinajstić information content (AvgIpc) is 3.49. The lowest BCUT2D eigenvalue weighted by Gasteiger charge is -2.15. The molecule has 2 aromatic carbocycles. The molecule has 5 rings (SSSR count). The Balaban J connectivity index is 0.000000168. The second kappa shape index (κ2) is 11.9. The number of rotatable bonds is 6. The third kappa shape index (κ3) is 5.90. The molecule has 35 heavy (non-hydrogen) atoms. The van der Waals surface area contributed by atoms with Gasteiger partial charge in [0.15, 0.2) is 12.6 Å². The van der Waals surface area contributed by atoms with Crippen LogP contribution in [0.4, 0.5) is 0 Å². The monoisotopic (exact) mass is 470 g/mol. The molecule has 0 N–H and O–H groups in total. The second-order valence-electron chi connectivity index (χ2n) is 7.58. The van der Waals surface area contributed by atoms with Crippen LogP contribution in [0.3, 0.4) is 0 Å². The van der Waals surface area contributed by atoms with E-state index in [1.54, 1.807) is 51.1 Å². The van der Waals surface area contributed by atoms with Gasteiger partial charge in [-0.1, -0.05) is 12.1 Å². The van der Waals surface area contributed by atoms with Crippen molar-refractivity contribution < 1.29 is 23.7 Å². The van der Waals surface area contributed by atoms with Crippen molar-refractivity contribution in [1.82, 2.24) is 9.97 Å². The lowest BCUT2D eigenvalue weighted by molar-refractivity contribution is -0.0454. The highest BCUT2D eigenvalue weighted by molar-refractivity contribution is 5.82. The molecular formula is C28H26N2O5. The average molecular weight is 471 g/mol. The molecule has 1 saturated heterocycles. The van der Waals surface area contributed by atoms with Crippen molar-refractivity contribution in [1.29, 1.82) is 0 Å². The first-order valence-electron chi connectivity index (χ1n) is 11.1. The van der Waals surface area contributed by atoms with Gasteiger partial charge in [0.05, 0.1) is 38.6 Å². The van der Waals surface area contributed by atoms with Gasteiger partial charge in [-0.15, -0.1) is 0 Å². The van der Waals surface area contributed by atoms with Crippen LogP contribution in [-0.4, -0.2) is 43.7 Å². The third-order valence-corrected chi connectivity index (χ3v) is 5.49. The third-order valence-electron chi connectivity index (χ3n) is 5.49. The highest BCUT2D eigenvalue weighted by atomic mass is 16.7. The molecule has 7 heteroatoms. The maximum atomic E-state index is 10.9. The molecule has 1 aliphatic rings. The van der Waals surface area contributed by atoms with E-state index in [4.69, 9.17) is 18.9 Å². The summed E-state index contributed by atoms with van der Waals surface area (Å²) in [4.78, 5) is 18.9. The minimum Gasteiger partial charge on any atom is -0.496 e. The van der Waals surface area contributed by atoms with Crippen LogP contribution in [0.2, 0.25) is 0 Å². The molecule has 0 unspecified atom stereocenters. The summed E-state index contributed by atoms with van der Waals surface area (Å²) in [5, 5.41) is 0. The van der Waals surface area contributed by atoms with Gasteiger partial charge in [-0.05, 0) is 70.8 Å². The van der Waals surface area contributed by atoms with Crippen LogP contribution in [0.25, 0.3) is 22.3 Å². The Kier molecular flexibility index (Phi) is 8.17. The van der Waals surface area contributed by atoms with E-state index >= 15 is 0 Å². The molecule has 1 fully saturated rings. The molecular weight excluding hydrogens is 444 g/mol. The molecule has 2 aromatic heterocycles. The number of benzene rings is 2. The number of carbonyl (C=O) groups excluding carboxylic acids is 1. The largest absolute Gasteiger partial charge is 0.496 e. The topological polar surface area (TPSA) is 79.8 Å². The highest BCUT2D eigenvalue weighted by Gasteiger charge is 2.22. The molecule has 0 bridgehead atoms. The number of hydrogen-bond acceptors (Lipinski definition) is 7. The molecule has 1 aliphatic heterocycles. The normalized spacial score (nSPS) is 13.0. The standard InChI is InChI=1S/C15H15NO3.C13H11NO2/c1-17-14-3-2-12(11-4-6-16-7-5-11)10-13(14)15-18-8-9-19-15;1-16-13-3-2-11(8-12(13)9-15)10-4-6-14-7-5-10/h2-7,10,15H,8-9H2,1H3;2-9H,1H3. The Morgan fingerprint density at radius 2 is 1.23 bits per heavy atom. The van der Waals surface area contributed by atoms with Crippen molar-refractivity contribution in [2.24, 2.45) is 0 Å². The molecule has 7 nitrogen and oxygen atoms in total. The predicted molar refractivity (Wildman–Crippen MR) is 132 cm³/mol. The number of pyridine rings is 2. The van der Waals surface area contributed by atoms with Crippen LogP contribution in [-0.2, 0) is 9.47 Å². The van der Waals surface area contributed by atoms with Gasteiger partial charge in [0.25, 0.3) is 0 Å². The minimum atomic E-state index is -0.336. The number of aromatic nitrogens is 2. The van der Waals surface area contributed by atoms with E-state index in [9.17, 15) is 4.79 Å². The Morgan fingerprint density at radius 1 is 0.714 bits per heavy atom. The molecule has 0 aliphatic carbocycles. The van der Waals surface area contributed by atoms with E-state index in [1.807, 2.05) is 48.5 Å². The Labute approximate surface area is 204 Å². The van der Waals surface area contributed by atoms with Crippen LogP contribution < -0.4 is 9.47 Å². The first kappa shape index (κ1) is 24.1. The van der Waals surface area contributed by atoms with Crippen molar-refractivity contribution in [3.8, 4) is 33.8 Å². The van der Waals surface area contributed by atoms with Gasteiger partial charge in [-0.2, -0.15) is 0 Å². The fourth-order valence-corrected chi connectivity index (χ4v) is 3.73. The Hall–Kier alpha value is -4.07. The summed E-state index contributed by atoms with van der Waals surface area (Å²) in [6.45, 7) is 1.24. The summed E-state index contributed by atoms with van der Waals surface area (Å²) in [5.74, 6) is 1.37. The van der Waals surface area contributed by atoms with E-state index in [-0.39, 0.29) is 6.29 Å². The lowest BCUT2D eigenvalue weighted by atomic mass is 10.0. The smallest absolute Gasteiger partial charge is 0.187 e. The molecule has 0 amide bonds. The summed E-state index contributed by atoms with van der Waals surface area (Å²) < 4.78 is 21.6. The second-order valence-corrected chi connectivity index (χ2v) is 7.58. The van der Waals surface area contributed by atoms with Crippen molar-refractivity contribution >= 4 is 6.29 Å². The van der Waals surface area contributed by atoms with Crippen LogP contribution in [0, 0.1) is 0 Å². The summed E-state index contributed by atoms with van der Waals surface area (Å²) in [6, 6.07) is 19.3. The number of aldehydes is 1. The van der Waals surface area contributed by atoms with Crippen LogP contribution in [0.5, 0.6) is 11.5 Å². The van der Waals surface area contributed by atoms with Crippen molar-refractivity contribution in [3.05, 3.63) is 96.6 Å². The van der Waals surface area contributed by atoms with Crippen LogP contribution in [0.1, 0.15) is 22.2 Å². The molecule has 3 heterocycles. The number of hydrogen-bond donors (Lipinski definition) is 0. The van der Waals surface area contributed by atoms with Gasteiger partial charge < -0.3 is 18.9 Å². The lowest BCUT2D eigenvalue weighted by Crippen LogP contribution is -2.01. The summed E-state index contributed by atoms with van der Waals surface area (Å²) >= 11 is 0. The van der Waals surface area contributed by atoms with Gasteiger partial charge in [-0.3, -0.25) is 14.8 Å². The molecule has 178 valence electrons. The maximum absolute atomic E-state index is 10.9. The van der Waals surface area contributed by atoms with E-state index < -0.39 is 0 Å². The van der Waals surface area contributed by atoms with Gasteiger partial charge in [0.2, 0.25) is 0 Å². The van der Waals surface area contributed by atoms with Gasteiger partial charge in [0, 0.05) is 24.8 Å². The SMILES string of the molecule is COc1ccc(-c2ccncc2)cc1C1OCCO1.COc1ccc(-c2ccncc2)cc1C=O. The Morgan fingerprint density at radius 3 is 1.74 bits per heavy atom. The summed E-state index contributed by atoms with van der Waals surface area (Å²) in [6.07, 6.45) is 7.46. The first-order chi connectivity index (χ1) is 17.2. The zero-order valence-corrected chi connectivity index (χ0v) is 19.6. The maximum Gasteiger partial charge on any atom is 0.187 e. The predicted octanol–water partition coefficient (Wildman–Crippen LogP) is 5.37. The van der Waals surface area contributed by atoms with Gasteiger partial charge >= 0.3 is 0 Å². The van der Waals surface area contributed by atoms with Crippen molar-refractivity contribution in [3.63, 3.8) is 0 Å². The number of carbonyl (C=O) groups is 1. The van der Waals surface area contributed by atoms with E-state index in [1.165, 1.54) is 0 Å². The molecule has 0 radical (unpaired) electrons. The molecule has 0 spiro atoms. The Bertz CT molecular complexity index is 1240. The first-order valence-corrected chi connectivity index (χ1v) is 11.1.